The highest BCUT2D eigenvalue weighted by atomic mass is 16.1. The normalized spacial score (nSPS) is 24.0. The zero-order valence-corrected chi connectivity index (χ0v) is 10.5. The first-order valence-corrected chi connectivity index (χ1v) is 6.81. The van der Waals surface area contributed by atoms with Crippen LogP contribution in [0.3, 0.4) is 0 Å². The van der Waals surface area contributed by atoms with Crippen molar-refractivity contribution in [2.75, 3.05) is 0 Å². The first-order chi connectivity index (χ1) is 8.86. The third kappa shape index (κ3) is 2.17. The van der Waals surface area contributed by atoms with Gasteiger partial charge >= 0.3 is 0 Å². The van der Waals surface area contributed by atoms with E-state index in [4.69, 9.17) is 0 Å². The fourth-order valence-electron chi connectivity index (χ4n) is 3.05. The lowest BCUT2D eigenvalue weighted by molar-refractivity contribution is -0.111. The summed E-state index contributed by atoms with van der Waals surface area (Å²) in [6.07, 6.45) is 5.56. The van der Waals surface area contributed by atoms with Gasteiger partial charge in [-0.2, -0.15) is 0 Å². The van der Waals surface area contributed by atoms with E-state index in [-0.39, 0.29) is 0 Å². The monoisotopic (exact) mass is 238 g/mol. The summed E-state index contributed by atoms with van der Waals surface area (Å²) in [4.78, 5) is 10.8. The molecule has 18 heavy (non-hydrogen) atoms. The van der Waals surface area contributed by atoms with Gasteiger partial charge in [-0.15, -0.1) is 0 Å². The van der Waals surface area contributed by atoms with Crippen LogP contribution < -0.4 is 0 Å². The molecule has 92 valence electrons. The summed E-state index contributed by atoms with van der Waals surface area (Å²) in [6, 6.07) is 15.3. The number of rotatable bonds is 2. The van der Waals surface area contributed by atoms with E-state index in [2.05, 4.69) is 42.5 Å². The van der Waals surface area contributed by atoms with E-state index < -0.39 is 0 Å². The Balaban J connectivity index is 1.84. The summed E-state index contributed by atoms with van der Waals surface area (Å²) in [5, 5.41) is 2.63. The molecule has 0 atom stereocenters. The van der Waals surface area contributed by atoms with Gasteiger partial charge in [0.15, 0.2) is 0 Å². The summed E-state index contributed by atoms with van der Waals surface area (Å²) in [5.74, 6) is 0.951. The largest absolute Gasteiger partial charge is 0.303 e. The number of aldehydes is 1. The number of hydrogen-bond donors (Lipinski definition) is 0. The number of fused-ring (bicyclic) bond motifs is 1. The molecule has 3 rings (SSSR count). The van der Waals surface area contributed by atoms with Crippen LogP contribution in [0.1, 0.15) is 37.2 Å². The SMILES string of the molecule is O=CC1CCC(c2ccc3ccccc3c2)CC1. The van der Waals surface area contributed by atoms with E-state index in [1.807, 2.05) is 0 Å². The average molecular weight is 238 g/mol. The standard InChI is InChI=1S/C17H18O/c18-12-13-5-7-15(8-6-13)17-10-9-14-3-1-2-4-16(14)11-17/h1-4,9-13,15H,5-8H2. The van der Waals surface area contributed by atoms with Crippen LogP contribution in [0.5, 0.6) is 0 Å². The number of hydrogen-bond acceptors (Lipinski definition) is 1. The molecule has 0 spiro atoms. The highest BCUT2D eigenvalue weighted by molar-refractivity contribution is 5.83. The molecule has 0 amide bonds. The molecule has 0 aromatic heterocycles. The van der Waals surface area contributed by atoms with E-state index in [9.17, 15) is 4.79 Å². The fraction of sp³-hybridized carbons (Fsp3) is 0.353. The number of carbonyl (C=O) groups is 1. The number of carbonyl (C=O) groups excluding carboxylic acids is 1. The van der Waals surface area contributed by atoms with Crippen molar-refractivity contribution in [2.24, 2.45) is 5.92 Å². The minimum absolute atomic E-state index is 0.307. The molecule has 2 aromatic rings. The molecule has 1 fully saturated rings. The van der Waals surface area contributed by atoms with Crippen molar-refractivity contribution in [1.29, 1.82) is 0 Å². The third-order valence-corrected chi connectivity index (χ3v) is 4.21. The molecule has 0 saturated heterocycles. The van der Waals surface area contributed by atoms with Gasteiger partial charge < -0.3 is 4.79 Å². The molecule has 2 aromatic carbocycles. The van der Waals surface area contributed by atoms with Crippen LogP contribution in [-0.4, -0.2) is 6.29 Å². The molecule has 0 radical (unpaired) electrons. The van der Waals surface area contributed by atoms with Gasteiger partial charge in [-0.25, -0.2) is 0 Å². The van der Waals surface area contributed by atoms with E-state index >= 15 is 0 Å². The van der Waals surface area contributed by atoms with Crippen LogP contribution >= 0.6 is 0 Å². The second-order valence-electron chi connectivity index (χ2n) is 5.35. The first-order valence-electron chi connectivity index (χ1n) is 6.81. The second-order valence-corrected chi connectivity index (χ2v) is 5.35. The third-order valence-electron chi connectivity index (χ3n) is 4.21. The van der Waals surface area contributed by atoms with Gasteiger partial charge in [0.2, 0.25) is 0 Å². The van der Waals surface area contributed by atoms with Crippen molar-refractivity contribution in [2.45, 2.75) is 31.6 Å². The summed E-state index contributed by atoms with van der Waals surface area (Å²) in [7, 11) is 0. The van der Waals surface area contributed by atoms with E-state index in [0.717, 1.165) is 32.0 Å². The minimum atomic E-state index is 0.307. The summed E-state index contributed by atoms with van der Waals surface area (Å²) in [5.41, 5.74) is 1.44. The molecule has 1 aliphatic rings. The fourth-order valence-corrected chi connectivity index (χ4v) is 3.05. The van der Waals surface area contributed by atoms with Gasteiger partial charge in [0.05, 0.1) is 0 Å². The molecule has 1 saturated carbocycles. The zero-order valence-electron chi connectivity index (χ0n) is 10.5. The van der Waals surface area contributed by atoms with Crippen molar-refractivity contribution < 1.29 is 4.79 Å². The molecule has 1 nitrogen and oxygen atoms in total. The molecule has 1 heteroatoms. The van der Waals surface area contributed by atoms with Gasteiger partial charge in [-0.3, -0.25) is 0 Å². The molecular formula is C17H18O. The zero-order chi connectivity index (χ0) is 12.4. The number of benzene rings is 2. The van der Waals surface area contributed by atoms with Crippen molar-refractivity contribution in [3.8, 4) is 0 Å². The Bertz CT molecular complexity index is 550. The molecule has 1 aliphatic carbocycles. The predicted octanol–water partition coefficient (Wildman–Crippen LogP) is 4.31. The summed E-state index contributed by atoms with van der Waals surface area (Å²) < 4.78 is 0. The van der Waals surface area contributed by atoms with Gasteiger partial charge in [0, 0.05) is 5.92 Å². The van der Waals surface area contributed by atoms with Crippen molar-refractivity contribution in [3.05, 3.63) is 48.0 Å². The first kappa shape index (κ1) is 11.5. The molecule has 0 bridgehead atoms. The van der Waals surface area contributed by atoms with Gasteiger partial charge in [-0.1, -0.05) is 42.5 Å². The Kier molecular flexibility index (Phi) is 3.14. The van der Waals surface area contributed by atoms with Crippen LogP contribution in [0.4, 0.5) is 0 Å². The Labute approximate surface area is 108 Å². The van der Waals surface area contributed by atoms with Crippen LogP contribution in [0.25, 0.3) is 10.8 Å². The lowest BCUT2D eigenvalue weighted by atomic mass is 9.79. The Hall–Kier alpha value is -1.63. The van der Waals surface area contributed by atoms with Crippen LogP contribution in [0.15, 0.2) is 42.5 Å². The molecular weight excluding hydrogens is 220 g/mol. The van der Waals surface area contributed by atoms with Crippen LogP contribution in [0, 0.1) is 5.92 Å². The summed E-state index contributed by atoms with van der Waals surface area (Å²) in [6.45, 7) is 0. The van der Waals surface area contributed by atoms with Gasteiger partial charge in [0.25, 0.3) is 0 Å². The smallest absolute Gasteiger partial charge is 0.123 e. The van der Waals surface area contributed by atoms with Crippen LogP contribution in [0.2, 0.25) is 0 Å². The highest BCUT2D eigenvalue weighted by Gasteiger charge is 2.21. The maximum absolute atomic E-state index is 10.8. The Morgan fingerprint density at radius 3 is 2.33 bits per heavy atom. The quantitative estimate of drug-likeness (QED) is 0.712. The van der Waals surface area contributed by atoms with Crippen molar-refractivity contribution in [3.63, 3.8) is 0 Å². The van der Waals surface area contributed by atoms with Crippen LogP contribution in [-0.2, 0) is 4.79 Å². The highest BCUT2D eigenvalue weighted by Crippen LogP contribution is 2.35. The Morgan fingerprint density at radius 1 is 0.889 bits per heavy atom. The van der Waals surface area contributed by atoms with Crippen molar-refractivity contribution in [1.82, 2.24) is 0 Å². The predicted molar refractivity (Wildman–Crippen MR) is 74.7 cm³/mol. The molecule has 0 aliphatic heterocycles. The van der Waals surface area contributed by atoms with Gasteiger partial charge in [0.1, 0.15) is 6.29 Å². The summed E-state index contributed by atoms with van der Waals surface area (Å²) >= 11 is 0. The average Bonchev–Trinajstić information content (AvgIpc) is 2.47. The lowest BCUT2D eigenvalue weighted by Gasteiger charge is -2.25. The lowest BCUT2D eigenvalue weighted by Crippen LogP contribution is -2.14. The topological polar surface area (TPSA) is 17.1 Å². The molecule has 0 heterocycles. The van der Waals surface area contributed by atoms with E-state index in [0.29, 0.717) is 11.8 Å². The molecule has 0 N–H and O–H groups in total. The molecule has 0 unspecified atom stereocenters. The van der Waals surface area contributed by atoms with Crippen molar-refractivity contribution >= 4 is 17.1 Å². The van der Waals surface area contributed by atoms with E-state index in [1.165, 1.54) is 16.3 Å². The Morgan fingerprint density at radius 2 is 1.61 bits per heavy atom. The van der Waals surface area contributed by atoms with Gasteiger partial charge in [-0.05, 0) is 47.9 Å². The maximum Gasteiger partial charge on any atom is 0.123 e. The second kappa shape index (κ2) is 4.93. The minimum Gasteiger partial charge on any atom is -0.303 e. The maximum atomic E-state index is 10.8. The van der Waals surface area contributed by atoms with E-state index in [1.54, 1.807) is 0 Å².